The monoisotopic (exact) mass is 414 g/mol. The summed E-state index contributed by atoms with van der Waals surface area (Å²) in [4.78, 5) is 17.3. The Morgan fingerprint density at radius 3 is 2.61 bits per heavy atom. The summed E-state index contributed by atoms with van der Waals surface area (Å²) in [6, 6.07) is 11.5. The largest absolute Gasteiger partial charge is 0.494 e. The highest BCUT2D eigenvalue weighted by atomic mass is 35.5. The van der Waals surface area contributed by atoms with Crippen molar-refractivity contribution in [2.24, 2.45) is 0 Å². The van der Waals surface area contributed by atoms with Crippen LogP contribution >= 0.6 is 22.9 Å². The van der Waals surface area contributed by atoms with Gasteiger partial charge in [0.05, 0.1) is 11.8 Å². The van der Waals surface area contributed by atoms with Gasteiger partial charge >= 0.3 is 0 Å². The number of hydrogen-bond donors (Lipinski definition) is 1. The van der Waals surface area contributed by atoms with Gasteiger partial charge in [0.2, 0.25) is 0 Å². The van der Waals surface area contributed by atoms with Crippen molar-refractivity contribution < 1.29 is 9.53 Å². The molecular formula is C22H23ClN2O2S. The van der Waals surface area contributed by atoms with Gasteiger partial charge in [0.15, 0.2) is 5.13 Å². The van der Waals surface area contributed by atoms with Gasteiger partial charge in [-0.25, -0.2) is 4.98 Å². The van der Waals surface area contributed by atoms with Gasteiger partial charge in [-0.3, -0.25) is 10.1 Å². The third-order valence-corrected chi connectivity index (χ3v) is 6.72. The van der Waals surface area contributed by atoms with Gasteiger partial charge in [0, 0.05) is 11.4 Å². The number of methoxy groups -OCH3 is 1. The zero-order valence-electron chi connectivity index (χ0n) is 15.8. The van der Waals surface area contributed by atoms with Crippen LogP contribution in [0.4, 0.5) is 5.13 Å². The molecule has 0 unspecified atom stereocenters. The fourth-order valence-corrected chi connectivity index (χ4v) is 5.12. The standard InChI is InChI=1S/C22H23ClN2O2S/c1-27-18-12-11-17(15-5-3-2-4-6-15)20-19(18)24-22(28-20)25-21(26)16-9-7-14(13-23)8-10-16/h7-12,15H,2-6,13H2,1H3,(H,24,25,26). The van der Waals surface area contributed by atoms with Crippen molar-refractivity contribution in [3.8, 4) is 5.75 Å². The Balaban J connectivity index is 1.64. The lowest BCUT2D eigenvalue weighted by atomic mass is 9.84. The Morgan fingerprint density at radius 2 is 1.93 bits per heavy atom. The number of hydrogen-bond acceptors (Lipinski definition) is 4. The van der Waals surface area contributed by atoms with Gasteiger partial charge in [-0.05, 0) is 48.1 Å². The highest BCUT2D eigenvalue weighted by Crippen LogP contribution is 2.42. The van der Waals surface area contributed by atoms with Crippen molar-refractivity contribution in [3.63, 3.8) is 0 Å². The highest BCUT2D eigenvalue weighted by molar-refractivity contribution is 7.22. The van der Waals surface area contributed by atoms with Crippen LogP contribution < -0.4 is 10.1 Å². The molecule has 2 aromatic carbocycles. The van der Waals surface area contributed by atoms with Gasteiger partial charge in [0.25, 0.3) is 5.91 Å². The third kappa shape index (κ3) is 3.87. The number of rotatable bonds is 5. The first kappa shape index (κ1) is 19.2. The normalized spacial score (nSPS) is 14.9. The number of carbonyl (C=O) groups excluding carboxylic acids is 1. The fourth-order valence-electron chi connectivity index (χ4n) is 3.87. The molecular weight excluding hydrogens is 392 g/mol. The molecule has 1 aromatic heterocycles. The fraction of sp³-hybridized carbons (Fsp3) is 0.364. The van der Waals surface area contributed by atoms with Crippen LogP contribution in [0.3, 0.4) is 0 Å². The Bertz CT molecular complexity index is 978. The van der Waals surface area contributed by atoms with Crippen molar-refractivity contribution >= 4 is 44.2 Å². The molecule has 4 rings (SSSR count). The van der Waals surface area contributed by atoms with E-state index in [0.717, 1.165) is 21.5 Å². The van der Waals surface area contributed by atoms with Crippen LogP contribution in [-0.4, -0.2) is 18.0 Å². The van der Waals surface area contributed by atoms with E-state index in [1.54, 1.807) is 19.2 Å². The van der Waals surface area contributed by atoms with Crippen molar-refractivity contribution in [1.29, 1.82) is 0 Å². The summed E-state index contributed by atoms with van der Waals surface area (Å²) >= 11 is 7.35. The van der Waals surface area contributed by atoms with E-state index in [2.05, 4.69) is 16.4 Å². The Hall–Kier alpha value is -2.11. The highest BCUT2D eigenvalue weighted by Gasteiger charge is 2.22. The second kappa shape index (κ2) is 8.50. The molecule has 1 saturated carbocycles. The van der Waals surface area contributed by atoms with Crippen LogP contribution in [0.25, 0.3) is 10.2 Å². The van der Waals surface area contributed by atoms with Crippen molar-refractivity contribution in [2.75, 3.05) is 12.4 Å². The number of nitrogens with one attached hydrogen (secondary N) is 1. The molecule has 1 amide bonds. The van der Waals surface area contributed by atoms with Gasteiger partial charge in [-0.2, -0.15) is 0 Å². The first-order valence-electron chi connectivity index (χ1n) is 9.63. The molecule has 4 nitrogen and oxygen atoms in total. The van der Waals surface area contributed by atoms with Crippen molar-refractivity contribution in [1.82, 2.24) is 4.98 Å². The van der Waals surface area contributed by atoms with Crippen LogP contribution in [0.15, 0.2) is 36.4 Å². The number of alkyl halides is 1. The zero-order chi connectivity index (χ0) is 19.5. The lowest BCUT2D eigenvalue weighted by molar-refractivity contribution is 0.102. The van der Waals surface area contributed by atoms with E-state index in [-0.39, 0.29) is 5.91 Å². The van der Waals surface area contributed by atoms with Crippen LogP contribution in [-0.2, 0) is 5.88 Å². The first-order chi connectivity index (χ1) is 13.7. The molecule has 1 heterocycles. The second-order valence-corrected chi connectivity index (χ2v) is 8.44. The van der Waals surface area contributed by atoms with Gasteiger partial charge in [0.1, 0.15) is 11.3 Å². The number of ether oxygens (including phenoxy) is 1. The number of nitrogens with zero attached hydrogens (tertiary/aromatic N) is 1. The van der Waals surface area contributed by atoms with Gasteiger partial charge in [-0.1, -0.05) is 48.8 Å². The maximum absolute atomic E-state index is 12.6. The minimum Gasteiger partial charge on any atom is -0.494 e. The summed E-state index contributed by atoms with van der Waals surface area (Å²) in [6.07, 6.45) is 6.31. The minimum absolute atomic E-state index is 0.168. The minimum atomic E-state index is -0.168. The van der Waals surface area contributed by atoms with E-state index in [1.807, 2.05) is 18.2 Å². The van der Waals surface area contributed by atoms with Crippen molar-refractivity contribution in [2.45, 2.75) is 43.9 Å². The number of fused-ring (bicyclic) bond motifs is 1. The molecule has 0 saturated heterocycles. The van der Waals surface area contributed by atoms with Crippen molar-refractivity contribution in [3.05, 3.63) is 53.1 Å². The molecule has 1 fully saturated rings. The summed E-state index contributed by atoms with van der Waals surface area (Å²) in [5.74, 6) is 1.58. The van der Waals surface area contributed by atoms with Crippen LogP contribution in [0, 0.1) is 0 Å². The topological polar surface area (TPSA) is 51.2 Å². The molecule has 0 spiro atoms. The van der Waals surface area contributed by atoms with E-state index in [1.165, 1.54) is 49.0 Å². The van der Waals surface area contributed by atoms with E-state index < -0.39 is 0 Å². The maximum atomic E-state index is 12.6. The first-order valence-corrected chi connectivity index (χ1v) is 11.0. The lowest BCUT2D eigenvalue weighted by Gasteiger charge is -2.22. The third-order valence-electron chi connectivity index (χ3n) is 5.39. The van der Waals surface area contributed by atoms with Crippen LogP contribution in [0.2, 0.25) is 0 Å². The molecule has 1 aliphatic rings. The average molecular weight is 415 g/mol. The zero-order valence-corrected chi connectivity index (χ0v) is 17.4. The summed E-state index contributed by atoms with van der Waals surface area (Å²) in [5.41, 5.74) is 3.75. The number of benzene rings is 2. The quantitative estimate of drug-likeness (QED) is 0.495. The molecule has 3 aromatic rings. The number of anilines is 1. The van der Waals surface area contributed by atoms with E-state index in [0.29, 0.717) is 22.5 Å². The van der Waals surface area contributed by atoms with E-state index >= 15 is 0 Å². The molecule has 146 valence electrons. The molecule has 0 atom stereocenters. The lowest BCUT2D eigenvalue weighted by Crippen LogP contribution is -2.11. The molecule has 28 heavy (non-hydrogen) atoms. The molecule has 0 radical (unpaired) electrons. The number of aromatic nitrogens is 1. The average Bonchev–Trinajstić information content (AvgIpc) is 3.17. The molecule has 0 aliphatic heterocycles. The van der Waals surface area contributed by atoms with Gasteiger partial charge in [-0.15, -0.1) is 11.6 Å². The SMILES string of the molecule is COc1ccc(C2CCCCC2)c2sc(NC(=O)c3ccc(CCl)cc3)nc12. The molecule has 1 N–H and O–H groups in total. The van der Waals surface area contributed by atoms with E-state index in [9.17, 15) is 4.79 Å². The second-order valence-electron chi connectivity index (χ2n) is 7.17. The summed E-state index contributed by atoms with van der Waals surface area (Å²) in [5, 5.41) is 3.55. The molecule has 1 aliphatic carbocycles. The Labute approximate surface area is 173 Å². The predicted octanol–water partition coefficient (Wildman–Crippen LogP) is 6.34. The maximum Gasteiger partial charge on any atom is 0.257 e. The summed E-state index contributed by atoms with van der Waals surface area (Å²) in [6.45, 7) is 0. The molecule has 0 bridgehead atoms. The smallest absolute Gasteiger partial charge is 0.257 e. The van der Waals surface area contributed by atoms with Gasteiger partial charge < -0.3 is 4.74 Å². The number of halogens is 1. The Kier molecular flexibility index (Phi) is 5.83. The van der Waals surface area contributed by atoms with E-state index in [4.69, 9.17) is 16.3 Å². The summed E-state index contributed by atoms with van der Waals surface area (Å²) in [7, 11) is 1.66. The Morgan fingerprint density at radius 1 is 1.18 bits per heavy atom. The van der Waals surface area contributed by atoms with Crippen LogP contribution in [0.1, 0.15) is 59.5 Å². The van der Waals surface area contributed by atoms with Crippen LogP contribution in [0.5, 0.6) is 5.75 Å². The number of thiazole rings is 1. The number of amides is 1. The molecule has 6 heteroatoms. The predicted molar refractivity (Wildman–Crippen MR) is 116 cm³/mol. The summed E-state index contributed by atoms with van der Waals surface area (Å²) < 4.78 is 6.64. The number of carbonyl (C=O) groups is 1.